The molecule has 3 N–H and O–H groups in total. The van der Waals surface area contributed by atoms with Crippen molar-refractivity contribution in [3.8, 4) is 0 Å². The molecule has 0 fully saturated rings. The Morgan fingerprint density at radius 1 is 1.00 bits per heavy atom. The molecule has 12 heteroatoms. The topological polar surface area (TPSA) is 114 Å². The van der Waals surface area contributed by atoms with E-state index in [1.165, 1.54) is 55.6 Å². The van der Waals surface area contributed by atoms with Gasteiger partial charge in [-0.3, -0.25) is 9.59 Å². The molecule has 0 radical (unpaired) electrons. The van der Waals surface area contributed by atoms with Gasteiger partial charge >= 0.3 is 6.18 Å². The van der Waals surface area contributed by atoms with Crippen molar-refractivity contribution in [3.63, 3.8) is 0 Å². The van der Waals surface area contributed by atoms with Crippen molar-refractivity contribution in [2.24, 2.45) is 0 Å². The van der Waals surface area contributed by atoms with Gasteiger partial charge in [-0.1, -0.05) is 6.07 Å². The number of rotatable bonds is 9. The number of anilines is 1. The molecule has 0 saturated heterocycles. The van der Waals surface area contributed by atoms with Crippen LogP contribution in [0.5, 0.6) is 0 Å². The molecule has 0 unspecified atom stereocenters. The first-order valence-electron chi connectivity index (χ1n) is 8.87. The molecule has 0 aliphatic carbocycles. The number of sulfonamides is 1. The lowest BCUT2D eigenvalue weighted by molar-refractivity contribution is -0.123. The molecule has 0 saturated carbocycles. The minimum absolute atomic E-state index is 0.0384. The lowest BCUT2D eigenvalue weighted by atomic mass is 10.1. The second kappa shape index (κ2) is 10.4. The highest BCUT2D eigenvalue weighted by Gasteiger charge is 2.28. The summed E-state index contributed by atoms with van der Waals surface area (Å²) in [5.41, 5.74) is 0.260. The first-order chi connectivity index (χ1) is 14.5. The highest BCUT2D eigenvalue weighted by Crippen LogP contribution is 2.16. The van der Waals surface area contributed by atoms with Crippen LogP contribution in [0, 0.1) is 0 Å². The van der Waals surface area contributed by atoms with Gasteiger partial charge in [0.25, 0.3) is 11.8 Å². The van der Waals surface area contributed by atoms with E-state index in [9.17, 15) is 31.2 Å². The van der Waals surface area contributed by atoms with Crippen molar-refractivity contribution in [2.45, 2.75) is 11.1 Å². The summed E-state index contributed by atoms with van der Waals surface area (Å²) < 4.78 is 68.1. The van der Waals surface area contributed by atoms with Crippen LogP contribution in [0.1, 0.15) is 20.7 Å². The number of carbonyl (C=O) groups excluding carboxylic acids is 2. The minimum atomic E-state index is -4.54. The second-order valence-corrected chi connectivity index (χ2v) is 8.01. The van der Waals surface area contributed by atoms with E-state index < -0.39 is 34.6 Å². The van der Waals surface area contributed by atoms with Crippen LogP contribution in [0.4, 0.5) is 18.9 Å². The summed E-state index contributed by atoms with van der Waals surface area (Å²) in [5, 5.41) is 4.25. The summed E-state index contributed by atoms with van der Waals surface area (Å²) in [6.45, 7) is -1.18. The Kier molecular flexibility index (Phi) is 8.14. The van der Waals surface area contributed by atoms with Crippen molar-refractivity contribution in [1.29, 1.82) is 0 Å². The summed E-state index contributed by atoms with van der Waals surface area (Å²) in [6, 6.07) is 10.5. The standard InChI is InChI=1S/C19H20F3N3O5S/c1-30-10-9-24-31(28,29)16-7-5-13(6-8-16)18(27)25-15-4-2-3-14(11-15)17(26)23-12-19(20,21)22/h2-8,11,24H,9-10,12H2,1H3,(H,23,26)(H,25,27). The molecule has 2 amide bonds. The molecule has 0 aliphatic rings. The largest absolute Gasteiger partial charge is 0.405 e. The lowest BCUT2D eigenvalue weighted by Gasteiger charge is -2.10. The van der Waals surface area contributed by atoms with Gasteiger partial charge in [-0.2, -0.15) is 13.2 Å². The van der Waals surface area contributed by atoms with Crippen LogP contribution in [-0.4, -0.2) is 53.2 Å². The molecule has 2 aromatic rings. The zero-order chi connectivity index (χ0) is 23.1. The third-order valence-electron chi connectivity index (χ3n) is 3.86. The number of ether oxygens (including phenoxy) is 1. The zero-order valence-electron chi connectivity index (χ0n) is 16.3. The fourth-order valence-corrected chi connectivity index (χ4v) is 3.38. The molecule has 2 aromatic carbocycles. The molecule has 31 heavy (non-hydrogen) atoms. The van der Waals surface area contributed by atoms with Gasteiger partial charge in [-0.15, -0.1) is 0 Å². The SMILES string of the molecule is COCCNS(=O)(=O)c1ccc(C(=O)Nc2cccc(C(=O)NCC(F)(F)F)c2)cc1. The smallest absolute Gasteiger partial charge is 0.383 e. The fraction of sp³-hybridized carbons (Fsp3) is 0.263. The number of carbonyl (C=O) groups is 2. The quantitative estimate of drug-likeness (QED) is 0.498. The average molecular weight is 459 g/mol. The average Bonchev–Trinajstić information content (AvgIpc) is 2.72. The molecule has 0 spiro atoms. The Hall–Kier alpha value is -2.96. The molecular weight excluding hydrogens is 439 g/mol. The Morgan fingerprint density at radius 3 is 2.29 bits per heavy atom. The van der Waals surface area contributed by atoms with Gasteiger partial charge in [0.1, 0.15) is 6.54 Å². The number of hydrogen-bond donors (Lipinski definition) is 3. The van der Waals surface area contributed by atoms with Crippen LogP contribution in [0.25, 0.3) is 0 Å². The molecule has 2 rings (SSSR count). The van der Waals surface area contributed by atoms with Gasteiger partial charge in [0.05, 0.1) is 11.5 Å². The first kappa shape index (κ1) is 24.3. The van der Waals surface area contributed by atoms with Crippen LogP contribution in [0.2, 0.25) is 0 Å². The van der Waals surface area contributed by atoms with Gasteiger partial charge in [0.15, 0.2) is 0 Å². The number of alkyl halides is 3. The second-order valence-electron chi connectivity index (χ2n) is 6.25. The normalized spacial score (nSPS) is 11.7. The predicted octanol–water partition coefficient (Wildman–Crippen LogP) is 2.16. The molecule has 0 heterocycles. The molecule has 0 bridgehead atoms. The van der Waals surface area contributed by atoms with Crippen molar-refractivity contribution in [1.82, 2.24) is 10.0 Å². The highest BCUT2D eigenvalue weighted by molar-refractivity contribution is 7.89. The molecule has 8 nitrogen and oxygen atoms in total. The first-order valence-corrected chi connectivity index (χ1v) is 10.4. The van der Waals surface area contributed by atoms with Crippen molar-refractivity contribution < 1.29 is 35.9 Å². The van der Waals surface area contributed by atoms with E-state index in [4.69, 9.17) is 4.74 Å². The molecule has 0 aliphatic heterocycles. The third-order valence-corrected chi connectivity index (χ3v) is 5.33. The molecule has 0 atom stereocenters. The summed E-state index contributed by atoms with van der Waals surface area (Å²) >= 11 is 0. The van der Waals surface area contributed by atoms with E-state index in [-0.39, 0.29) is 34.9 Å². The van der Waals surface area contributed by atoms with Gasteiger partial charge in [0, 0.05) is 30.5 Å². The van der Waals surface area contributed by atoms with E-state index in [2.05, 4.69) is 10.0 Å². The number of halogens is 3. The van der Waals surface area contributed by atoms with Crippen molar-refractivity contribution in [3.05, 3.63) is 59.7 Å². The Morgan fingerprint density at radius 2 is 1.68 bits per heavy atom. The van der Waals surface area contributed by atoms with Crippen molar-refractivity contribution in [2.75, 3.05) is 32.1 Å². The Bertz CT molecular complexity index is 1020. The summed E-state index contributed by atoms with van der Waals surface area (Å²) in [6.07, 6.45) is -4.54. The maximum atomic E-state index is 12.4. The molecular formula is C19H20F3N3O5S. The summed E-state index contributed by atoms with van der Waals surface area (Å²) in [4.78, 5) is 24.2. The number of amides is 2. The molecule has 0 aromatic heterocycles. The number of methoxy groups -OCH3 is 1. The lowest BCUT2D eigenvalue weighted by Crippen LogP contribution is -2.33. The summed E-state index contributed by atoms with van der Waals surface area (Å²) in [7, 11) is -2.31. The highest BCUT2D eigenvalue weighted by atomic mass is 32.2. The van der Waals surface area contributed by atoms with E-state index in [0.29, 0.717) is 0 Å². The van der Waals surface area contributed by atoms with Gasteiger partial charge in [-0.25, -0.2) is 13.1 Å². The Labute approximate surface area is 176 Å². The monoisotopic (exact) mass is 459 g/mol. The number of nitrogens with one attached hydrogen (secondary N) is 3. The van der Waals surface area contributed by atoms with Crippen LogP contribution >= 0.6 is 0 Å². The Balaban J connectivity index is 2.04. The van der Waals surface area contributed by atoms with E-state index >= 15 is 0 Å². The van der Waals surface area contributed by atoms with E-state index in [1.807, 2.05) is 0 Å². The number of benzene rings is 2. The third kappa shape index (κ3) is 7.66. The molecule has 168 valence electrons. The minimum Gasteiger partial charge on any atom is -0.383 e. The van der Waals surface area contributed by atoms with Gasteiger partial charge < -0.3 is 15.4 Å². The van der Waals surface area contributed by atoms with Crippen molar-refractivity contribution >= 4 is 27.5 Å². The maximum Gasteiger partial charge on any atom is 0.405 e. The summed E-state index contributed by atoms with van der Waals surface area (Å²) in [5.74, 6) is -1.53. The van der Waals surface area contributed by atoms with Gasteiger partial charge in [-0.05, 0) is 42.5 Å². The van der Waals surface area contributed by atoms with Crippen LogP contribution < -0.4 is 15.4 Å². The van der Waals surface area contributed by atoms with E-state index in [0.717, 1.165) is 0 Å². The van der Waals surface area contributed by atoms with Crippen LogP contribution in [0.15, 0.2) is 53.4 Å². The predicted molar refractivity (Wildman–Crippen MR) is 106 cm³/mol. The zero-order valence-corrected chi connectivity index (χ0v) is 17.1. The number of hydrogen-bond acceptors (Lipinski definition) is 5. The van der Waals surface area contributed by atoms with Crippen LogP contribution in [0.3, 0.4) is 0 Å². The van der Waals surface area contributed by atoms with Crippen LogP contribution in [-0.2, 0) is 14.8 Å². The fourth-order valence-electron chi connectivity index (χ4n) is 2.37. The van der Waals surface area contributed by atoms with Gasteiger partial charge in [0.2, 0.25) is 10.0 Å². The van der Waals surface area contributed by atoms with E-state index in [1.54, 1.807) is 5.32 Å². The maximum absolute atomic E-state index is 12.4.